The lowest BCUT2D eigenvalue weighted by Gasteiger charge is -2.13. The van der Waals surface area contributed by atoms with Gasteiger partial charge in [0.05, 0.1) is 18.8 Å². The Labute approximate surface area is 146 Å². The van der Waals surface area contributed by atoms with Gasteiger partial charge in [-0.3, -0.25) is 4.55 Å². The van der Waals surface area contributed by atoms with Gasteiger partial charge < -0.3 is 14.6 Å². The molecule has 1 aromatic rings. The molecule has 0 saturated carbocycles. The number of unbranched alkanes of at least 4 members (excludes halogenated alkanes) is 2. The highest BCUT2D eigenvalue weighted by molar-refractivity contribution is 7.86. The lowest BCUT2D eigenvalue weighted by molar-refractivity contribution is 0.0448. The molecular weight excluding hydrogens is 352 g/mol. The Balaban J connectivity index is 3.29. The van der Waals surface area contributed by atoms with Crippen molar-refractivity contribution in [2.45, 2.75) is 44.4 Å². The van der Waals surface area contributed by atoms with Gasteiger partial charge in [0.1, 0.15) is 10.5 Å². The summed E-state index contributed by atoms with van der Waals surface area (Å²) < 4.78 is 41.7. The topological polar surface area (TPSA) is 127 Å². The summed E-state index contributed by atoms with van der Waals surface area (Å²) in [6, 6.07) is 1.82. The van der Waals surface area contributed by atoms with E-state index in [0.717, 1.165) is 25.0 Å². The van der Waals surface area contributed by atoms with Crippen LogP contribution in [0.4, 0.5) is 0 Å². The average Bonchev–Trinajstić information content (AvgIpc) is 2.53. The molecule has 0 heterocycles. The third-order valence-corrected chi connectivity index (χ3v) is 4.19. The van der Waals surface area contributed by atoms with Crippen LogP contribution in [0.5, 0.6) is 5.75 Å². The van der Waals surface area contributed by atoms with E-state index in [0.29, 0.717) is 12.8 Å². The van der Waals surface area contributed by atoms with Gasteiger partial charge in [0, 0.05) is 0 Å². The van der Waals surface area contributed by atoms with Crippen LogP contribution >= 0.6 is 0 Å². The third-order valence-electron chi connectivity index (χ3n) is 3.30. The van der Waals surface area contributed by atoms with Crippen molar-refractivity contribution in [2.24, 2.45) is 0 Å². The number of carbonyl (C=O) groups excluding carboxylic acids is 2. The zero-order valence-electron chi connectivity index (χ0n) is 14.1. The molecule has 0 spiro atoms. The summed E-state index contributed by atoms with van der Waals surface area (Å²) in [5, 5.41) is 10.1. The molecule has 8 nitrogen and oxygen atoms in total. The molecule has 0 saturated heterocycles. The van der Waals surface area contributed by atoms with Gasteiger partial charge in [-0.25, -0.2) is 9.59 Å². The van der Waals surface area contributed by atoms with Crippen LogP contribution in [0.3, 0.4) is 0 Å². The molecule has 0 aliphatic carbocycles. The number of phenols is 1. The van der Waals surface area contributed by atoms with Gasteiger partial charge in [0.2, 0.25) is 0 Å². The van der Waals surface area contributed by atoms with Crippen molar-refractivity contribution in [3.05, 3.63) is 23.3 Å². The molecule has 0 aliphatic heterocycles. The van der Waals surface area contributed by atoms with E-state index in [9.17, 15) is 23.1 Å². The minimum absolute atomic E-state index is 0.0369. The molecule has 0 amide bonds. The summed E-state index contributed by atoms with van der Waals surface area (Å²) in [6.07, 6.45) is 2.69. The van der Waals surface area contributed by atoms with E-state index in [4.69, 9.17) is 14.0 Å². The Bertz CT molecular complexity index is 724. The first-order valence-corrected chi connectivity index (χ1v) is 9.35. The van der Waals surface area contributed by atoms with Gasteiger partial charge in [0.15, 0.2) is 5.75 Å². The maximum Gasteiger partial charge on any atom is 0.342 e. The van der Waals surface area contributed by atoms with Gasteiger partial charge in [-0.05, 0) is 25.0 Å². The SMILES string of the molecule is CCCCOC(=O)c1ccc(S(=O)(=O)O)c(O)c1C(=O)OCCCC. The number of esters is 2. The first-order chi connectivity index (χ1) is 11.7. The normalized spacial score (nSPS) is 11.2. The van der Waals surface area contributed by atoms with Crippen molar-refractivity contribution in [2.75, 3.05) is 13.2 Å². The molecule has 0 unspecified atom stereocenters. The molecule has 0 aromatic heterocycles. The lowest BCUT2D eigenvalue weighted by atomic mass is 10.1. The number of ether oxygens (including phenoxy) is 2. The highest BCUT2D eigenvalue weighted by atomic mass is 32.2. The summed E-state index contributed by atoms with van der Waals surface area (Å²) in [4.78, 5) is 23.5. The largest absolute Gasteiger partial charge is 0.506 e. The Hall–Kier alpha value is -2.13. The second-order valence-electron chi connectivity index (χ2n) is 5.29. The minimum atomic E-state index is -4.79. The number of benzene rings is 1. The molecule has 140 valence electrons. The van der Waals surface area contributed by atoms with E-state index >= 15 is 0 Å². The van der Waals surface area contributed by atoms with E-state index in [1.54, 1.807) is 0 Å². The zero-order chi connectivity index (χ0) is 19.0. The highest BCUT2D eigenvalue weighted by Crippen LogP contribution is 2.31. The van der Waals surface area contributed by atoms with Crippen molar-refractivity contribution in [3.63, 3.8) is 0 Å². The second kappa shape index (κ2) is 9.38. The predicted molar refractivity (Wildman–Crippen MR) is 88.3 cm³/mol. The van der Waals surface area contributed by atoms with Crippen LogP contribution in [-0.2, 0) is 19.6 Å². The number of hydrogen-bond acceptors (Lipinski definition) is 7. The number of carbonyl (C=O) groups is 2. The molecule has 2 N–H and O–H groups in total. The first-order valence-electron chi connectivity index (χ1n) is 7.91. The van der Waals surface area contributed by atoms with E-state index in [2.05, 4.69) is 0 Å². The van der Waals surface area contributed by atoms with Crippen molar-refractivity contribution >= 4 is 22.1 Å². The summed E-state index contributed by atoms with van der Waals surface area (Å²) in [5.74, 6) is -3.01. The Morgan fingerprint density at radius 2 is 1.52 bits per heavy atom. The molecule has 0 fully saturated rings. The van der Waals surface area contributed by atoms with E-state index in [-0.39, 0.29) is 18.8 Å². The second-order valence-corrected chi connectivity index (χ2v) is 6.68. The van der Waals surface area contributed by atoms with Crippen LogP contribution < -0.4 is 0 Å². The quantitative estimate of drug-likeness (QED) is 0.383. The predicted octanol–water partition coefficient (Wildman–Crippen LogP) is 2.55. The molecule has 9 heteroatoms. The zero-order valence-corrected chi connectivity index (χ0v) is 15.0. The van der Waals surface area contributed by atoms with Gasteiger partial charge in [0.25, 0.3) is 10.1 Å². The van der Waals surface area contributed by atoms with Crippen LogP contribution in [0.1, 0.15) is 60.2 Å². The standard InChI is InChI=1S/C16H22O8S/c1-3-5-9-23-15(18)11-7-8-12(25(20,21)22)14(17)13(11)16(19)24-10-6-4-2/h7-8,17H,3-6,9-10H2,1-2H3,(H,20,21,22). The van der Waals surface area contributed by atoms with Crippen LogP contribution in [0.25, 0.3) is 0 Å². The molecule has 1 aromatic carbocycles. The average molecular weight is 374 g/mol. The van der Waals surface area contributed by atoms with Crippen LogP contribution in [0.2, 0.25) is 0 Å². The van der Waals surface area contributed by atoms with Gasteiger partial charge in [-0.1, -0.05) is 26.7 Å². The molecule has 1 rings (SSSR count). The molecule has 25 heavy (non-hydrogen) atoms. The molecular formula is C16H22O8S. The van der Waals surface area contributed by atoms with Crippen LogP contribution in [0.15, 0.2) is 17.0 Å². The maximum absolute atomic E-state index is 12.2. The van der Waals surface area contributed by atoms with Gasteiger partial charge in [-0.15, -0.1) is 0 Å². The first kappa shape index (κ1) is 20.9. The number of rotatable bonds is 9. The lowest BCUT2D eigenvalue weighted by Crippen LogP contribution is -2.16. The molecule has 0 radical (unpaired) electrons. The van der Waals surface area contributed by atoms with Crippen molar-refractivity contribution < 1.29 is 37.1 Å². The fourth-order valence-corrected chi connectivity index (χ4v) is 2.51. The van der Waals surface area contributed by atoms with Crippen LogP contribution in [0, 0.1) is 0 Å². The Kier molecular flexibility index (Phi) is 7.85. The summed E-state index contributed by atoms with van der Waals surface area (Å²) in [5.41, 5.74) is -0.977. The smallest absolute Gasteiger partial charge is 0.342 e. The third kappa shape index (κ3) is 5.71. The fourth-order valence-electron chi connectivity index (χ4n) is 1.93. The number of aromatic hydroxyl groups is 1. The minimum Gasteiger partial charge on any atom is -0.506 e. The number of phenolic OH excluding ortho intramolecular Hbond substituents is 1. The van der Waals surface area contributed by atoms with E-state index < -0.39 is 38.3 Å². The Morgan fingerprint density at radius 3 is 2.00 bits per heavy atom. The summed E-state index contributed by atoms with van der Waals surface area (Å²) in [6.45, 7) is 3.92. The summed E-state index contributed by atoms with van der Waals surface area (Å²) in [7, 11) is -4.79. The highest BCUT2D eigenvalue weighted by Gasteiger charge is 2.29. The fraction of sp³-hybridized carbons (Fsp3) is 0.500. The van der Waals surface area contributed by atoms with Crippen LogP contribution in [-0.4, -0.2) is 43.2 Å². The molecule has 0 bridgehead atoms. The van der Waals surface area contributed by atoms with Gasteiger partial charge >= 0.3 is 11.9 Å². The Morgan fingerprint density at radius 1 is 1.00 bits per heavy atom. The molecule has 0 atom stereocenters. The van der Waals surface area contributed by atoms with E-state index in [1.807, 2.05) is 13.8 Å². The van der Waals surface area contributed by atoms with E-state index in [1.165, 1.54) is 0 Å². The molecule has 0 aliphatic rings. The van der Waals surface area contributed by atoms with Gasteiger partial charge in [-0.2, -0.15) is 8.42 Å². The summed E-state index contributed by atoms with van der Waals surface area (Å²) >= 11 is 0. The van der Waals surface area contributed by atoms with Crippen molar-refractivity contribution in [1.29, 1.82) is 0 Å². The van der Waals surface area contributed by atoms with Crippen molar-refractivity contribution in [3.8, 4) is 5.75 Å². The van der Waals surface area contributed by atoms with Crippen molar-refractivity contribution in [1.82, 2.24) is 0 Å². The number of hydrogen-bond donors (Lipinski definition) is 2. The maximum atomic E-state index is 12.2. The monoisotopic (exact) mass is 374 g/mol.